The Bertz CT molecular complexity index is 306. The summed E-state index contributed by atoms with van der Waals surface area (Å²) in [5, 5.41) is 0. The van der Waals surface area contributed by atoms with E-state index in [1.165, 1.54) is 12.7 Å². The Balaban J connectivity index is 2.70. The highest BCUT2D eigenvalue weighted by atomic mass is 16.5. The molecule has 0 aromatic rings. The second kappa shape index (κ2) is 5.28. The third-order valence-corrected chi connectivity index (χ3v) is 3.70. The van der Waals surface area contributed by atoms with Crippen molar-refractivity contribution in [1.29, 1.82) is 0 Å². The van der Waals surface area contributed by atoms with Gasteiger partial charge in [0.1, 0.15) is 6.29 Å². The Labute approximate surface area is 96.9 Å². The first-order chi connectivity index (χ1) is 7.54. The van der Waals surface area contributed by atoms with Crippen LogP contribution in [-0.4, -0.2) is 19.4 Å². The van der Waals surface area contributed by atoms with E-state index in [0.29, 0.717) is 18.8 Å². The monoisotopic (exact) mass is 224 g/mol. The van der Waals surface area contributed by atoms with Crippen molar-refractivity contribution in [1.82, 2.24) is 0 Å². The number of rotatable bonds is 4. The highest BCUT2D eigenvalue weighted by molar-refractivity contribution is 5.70. The summed E-state index contributed by atoms with van der Waals surface area (Å²) in [6.07, 6.45) is 5.76. The first-order valence-corrected chi connectivity index (χ1v) is 5.73. The summed E-state index contributed by atoms with van der Waals surface area (Å²) < 4.78 is 4.62. The third-order valence-electron chi connectivity index (χ3n) is 3.70. The van der Waals surface area contributed by atoms with Crippen molar-refractivity contribution in [3.05, 3.63) is 11.6 Å². The quantitative estimate of drug-likeness (QED) is 0.418. The van der Waals surface area contributed by atoms with Crippen LogP contribution in [0.15, 0.2) is 11.6 Å². The molecule has 0 N–H and O–H groups in total. The lowest BCUT2D eigenvalue weighted by Crippen LogP contribution is -2.33. The lowest BCUT2D eigenvalue weighted by molar-refractivity contribution is -0.141. The zero-order valence-corrected chi connectivity index (χ0v) is 10.3. The molecule has 90 valence electrons. The van der Waals surface area contributed by atoms with Gasteiger partial charge >= 0.3 is 5.97 Å². The zero-order valence-electron chi connectivity index (χ0n) is 10.3. The van der Waals surface area contributed by atoms with Crippen LogP contribution in [0.3, 0.4) is 0 Å². The van der Waals surface area contributed by atoms with Crippen LogP contribution < -0.4 is 0 Å². The van der Waals surface area contributed by atoms with Crippen LogP contribution in [0.4, 0.5) is 0 Å². The fourth-order valence-electron chi connectivity index (χ4n) is 2.34. The van der Waals surface area contributed by atoms with Crippen molar-refractivity contribution in [3.63, 3.8) is 0 Å². The molecule has 0 aromatic carbocycles. The molecule has 3 heteroatoms. The average molecular weight is 224 g/mol. The van der Waals surface area contributed by atoms with Crippen LogP contribution in [0.5, 0.6) is 0 Å². The number of carbonyl (C=O) groups excluding carboxylic acids is 2. The van der Waals surface area contributed by atoms with Crippen molar-refractivity contribution >= 4 is 12.3 Å². The van der Waals surface area contributed by atoms with Gasteiger partial charge in [-0.2, -0.15) is 0 Å². The summed E-state index contributed by atoms with van der Waals surface area (Å²) in [6.45, 7) is 4.17. The predicted molar refractivity (Wildman–Crippen MR) is 61.9 cm³/mol. The summed E-state index contributed by atoms with van der Waals surface area (Å²) >= 11 is 0. The maximum atomic E-state index is 11.3. The topological polar surface area (TPSA) is 43.4 Å². The van der Waals surface area contributed by atoms with E-state index in [-0.39, 0.29) is 11.4 Å². The van der Waals surface area contributed by atoms with E-state index in [1.807, 2.05) is 0 Å². The molecular weight excluding hydrogens is 204 g/mol. The molecule has 0 spiro atoms. The van der Waals surface area contributed by atoms with Gasteiger partial charge in [0.15, 0.2) is 0 Å². The number of allylic oxidation sites excluding steroid dienone is 2. The molecule has 1 rings (SSSR count). The minimum Gasteiger partial charge on any atom is -0.469 e. The number of hydrogen-bond acceptors (Lipinski definition) is 3. The first-order valence-electron chi connectivity index (χ1n) is 5.73. The van der Waals surface area contributed by atoms with Gasteiger partial charge < -0.3 is 9.53 Å². The summed E-state index contributed by atoms with van der Waals surface area (Å²) in [6, 6.07) is 0. The highest BCUT2D eigenvalue weighted by Crippen LogP contribution is 2.42. The number of methoxy groups -OCH3 is 1. The minimum atomic E-state index is -0.367. The maximum absolute atomic E-state index is 11.3. The fourth-order valence-corrected chi connectivity index (χ4v) is 2.34. The molecule has 0 amide bonds. The van der Waals surface area contributed by atoms with Crippen molar-refractivity contribution in [3.8, 4) is 0 Å². The van der Waals surface area contributed by atoms with Gasteiger partial charge in [-0.05, 0) is 32.1 Å². The molecular formula is C13H20O3. The summed E-state index contributed by atoms with van der Waals surface area (Å²) in [4.78, 5) is 22.4. The van der Waals surface area contributed by atoms with Crippen molar-refractivity contribution < 1.29 is 14.3 Å². The summed E-state index contributed by atoms with van der Waals surface area (Å²) in [5.74, 6) is 0.0688. The normalized spacial score (nSPS) is 29.4. The molecule has 1 aliphatic carbocycles. The summed E-state index contributed by atoms with van der Waals surface area (Å²) in [5.41, 5.74) is 0.969. The van der Waals surface area contributed by atoms with E-state index in [9.17, 15) is 9.59 Å². The highest BCUT2D eigenvalue weighted by Gasteiger charge is 2.37. The van der Waals surface area contributed by atoms with Gasteiger partial charge in [0, 0.05) is 11.8 Å². The SMILES string of the molecule is COC(=O)CCC1(C=O)CC=C(C)CC1C. The molecule has 1 aliphatic rings. The lowest BCUT2D eigenvalue weighted by atomic mass is 9.66. The predicted octanol–water partition coefficient (Wildman–Crippen LogP) is 2.50. The molecule has 0 radical (unpaired) electrons. The molecule has 0 saturated carbocycles. The molecule has 16 heavy (non-hydrogen) atoms. The Morgan fingerprint density at radius 2 is 2.38 bits per heavy atom. The van der Waals surface area contributed by atoms with Crippen LogP contribution >= 0.6 is 0 Å². The van der Waals surface area contributed by atoms with Crippen LogP contribution in [0, 0.1) is 11.3 Å². The lowest BCUT2D eigenvalue weighted by Gasteiger charge is -2.37. The minimum absolute atomic E-state index is 0.236. The van der Waals surface area contributed by atoms with Gasteiger partial charge in [0.05, 0.1) is 7.11 Å². The van der Waals surface area contributed by atoms with E-state index in [2.05, 4.69) is 24.7 Å². The smallest absolute Gasteiger partial charge is 0.305 e. The first kappa shape index (κ1) is 12.9. The van der Waals surface area contributed by atoms with Gasteiger partial charge in [-0.3, -0.25) is 4.79 Å². The van der Waals surface area contributed by atoms with Gasteiger partial charge in [0.25, 0.3) is 0 Å². The molecule has 2 atom stereocenters. The van der Waals surface area contributed by atoms with Gasteiger partial charge in [-0.25, -0.2) is 0 Å². The fraction of sp³-hybridized carbons (Fsp3) is 0.692. The molecule has 0 bridgehead atoms. The van der Waals surface area contributed by atoms with E-state index in [0.717, 1.165) is 19.1 Å². The average Bonchev–Trinajstić information content (AvgIpc) is 2.28. The van der Waals surface area contributed by atoms with Crippen molar-refractivity contribution in [2.45, 2.75) is 39.5 Å². The molecule has 0 aromatic heterocycles. The Morgan fingerprint density at radius 3 is 2.88 bits per heavy atom. The van der Waals surface area contributed by atoms with Crippen LogP contribution in [0.25, 0.3) is 0 Å². The Hall–Kier alpha value is -1.12. The summed E-state index contributed by atoms with van der Waals surface area (Å²) in [7, 11) is 1.38. The number of aldehydes is 1. The van der Waals surface area contributed by atoms with E-state index < -0.39 is 0 Å². The van der Waals surface area contributed by atoms with E-state index in [4.69, 9.17) is 0 Å². The van der Waals surface area contributed by atoms with Gasteiger partial charge in [-0.1, -0.05) is 18.6 Å². The third kappa shape index (κ3) is 2.71. The second-order valence-corrected chi connectivity index (χ2v) is 4.79. The zero-order chi connectivity index (χ0) is 12.2. The van der Waals surface area contributed by atoms with Crippen LogP contribution in [0.2, 0.25) is 0 Å². The maximum Gasteiger partial charge on any atom is 0.305 e. The largest absolute Gasteiger partial charge is 0.469 e. The molecule has 0 heterocycles. The molecule has 0 aliphatic heterocycles. The molecule has 2 unspecified atom stereocenters. The van der Waals surface area contributed by atoms with Crippen LogP contribution in [0.1, 0.15) is 39.5 Å². The van der Waals surface area contributed by atoms with Gasteiger partial charge in [-0.15, -0.1) is 0 Å². The van der Waals surface area contributed by atoms with Crippen LogP contribution in [-0.2, 0) is 14.3 Å². The Kier molecular flexibility index (Phi) is 4.27. The molecule has 0 fully saturated rings. The number of carbonyl (C=O) groups is 2. The van der Waals surface area contributed by atoms with Crippen molar-refractivity contribution in [2.24, 2.45) is 11.3 Å². The second-order valence-electron chi connectivity index (χ2n) is 4.79. The molecule has 0 saturated heterocycles. The van der Waals surface area contributed by atoms with E-state index >= 15 is 0 Å². The number of ether oxygens (including phenoxy) is 1. The van der Waals surface area contributed by atoms with Crippen molar-refractivity contribution in [2.75, 3.05) is 7.11 Å². The van der Waals surface area contributed by atoms with Gasteiger partial charge in [0.2, 0.25) is 0 Å². The number of hydrogen-bond donors (Lipinski definition) is 0. The number of esters is 1. The molecule has 3 nitrogen and oxygen atoms in total. The Morgan fingerprint density at radius 1 is 1.69 bits per heavy atom. The standard InChI is InChI=1S/C13H20O3/c1-10-4-6-13(9-14,11(2)8-10)7-5-12(15)16-3/h4,9,11H,5-8H2,1-3H3. The van der Waals surface area contributed by atoms with E-state index in [1.54, 1.807) is 0 Å².